The summed E-state index contributed by atoms with van der Waals surface area (Å²) in [5.74, 6) is 0.780. The quantitative estimate of drug-likeness (QED) is 0.638. The Morgan fingerprint density at radius 1 is 0.886 bits per heavy atom. The zero-order valence-electron chi connectivity index (χ0n) is 19.7. The summed E-state index contributed by atoms with van der Waals surface area (Å²) in [6, 6.07) is 12.0. The van der Waals surface area contributed by atoms with Crippen LogP contribution in [0, 0.1) is 6.92 Å². The first-order chi connectivity index (χ1) is 16.8. The molecule has 2 fully saturated rings. The summed E-state index contributed by atoms with van der Waals surface area (Å²) >= 11 is 0. The molecule has 0 N–H and O–H groups in total. The molecule has 0 aromatic heterocycles. The van der Waals surface area contributed by atoms with Gasteiger partial charge in [0.15, 0.2) is 11.5 Å². The number of piperazine rings is 1. The van der Waals surface area contributed by atoms with Crippen molar-refractivity contribution < 1.29 is 27.5 Å². The molecule has 0 radical (unpaired) electrons. The van der Waals surface area contributed by atoms with Crippen LogP contribution in [0.2, 0.25) is 0 Å². The highest BCUT2D eigenvalue weighted by molar-refractivity contribution is 7.89. The first kappa shape index (κ1) is 23.6. The van der Waals surface area contributed by atoms with Crippen LogP contribution >= 0.6 is 0 Å². The molecule has 0 bridgehead atoms. The number of sulfonamides is 1. The summed E-state index contributed by atoms with van der Waals surface area (Å²) in [6.07, 6.45) is 0.983. The Labute approximate surface area is 205 Å². The Morgan fingerprint density at radius 3 is 2.26 bits per heavy atom. The van der Waals surface area contributed by atoms with Crippen LogP contribution in [0.25, 0.3) is 0 Å². The molecule has 3 aliphatic heterocycles. The number of rotatable bonds is 4. The minimum Gasteiger partial charge on any atom is -0.485 e. The van der Waals surface area contributed by atoms with Gasteiger partial charge in [-0.1, -0.05) is 18.2 Å². The standard InChI is InChI=1S/C25H29N3O6S/c1-18-8-9-19(35(31,32)28-10-4-5-11-28)16-20(18)24(29)26-12-14-27(15-13-26)25(30)23-17-33-21-6-2-3-7-22(21)34-23/h2-3,6-9,16,23H,4-5,10-15,17H2,1H3. The van der Waals surface area contributed by atoms with E-state index < -0.39 is 16.1 Å². The van der Waals surface area contributed by atoms with Gasteiger partial charge in [-0.15, -0.1) is 0 Å². The summed E-state index contributed by atoms with van der Waals surface area (Å²) in [6.45, 7) is 4.43. The molecule has 186 valence electrons. The van der Waals surface area contributed by atoms with Crippen LogP contribution in [0.15, 0.2) is 47.4 Å². The largest absolute Gasteiger partial charge is 0.485 e. The van der Waals surface area contributed by atoms with Gasteiger partial charge in [-0.3, -0.25) is 9.59 Å². The summed E-state index contributed by atoms with van der Waals surface area (Å²) in [5.41, 5.74) is 1.10. The zero-order chi connectivity index (χ0) is 24.6. The van der Waals surface area contributed by atoms with Crippen molar-refractivity contribution in [3.8, 4) is 11.5 Å². The molecule has 1 unspecified atom stereocenters. The van der Waals surface area contributed by atoms with E-state index in [-0.39, 0.29) is 23.3 Å². The van der Waals surface area contributed by atoms with E-state index in [0.717, 1.165) is 18.4 Å². The fourth-order valence-corrected chi connectivity index (χ4v) is 6.26. The van der Waals surface area contributed by atoms with E-state index in [2.05, 4.69) is 0 Å². The van der Waals surface area contributed by atoms with E-state index in [1.165, 1.54) is 10.4 Å². The lowest BCUT2D eigenvalue weighted by Gasteiger charge is -2.37. The molecule has 3 aliphatic rings. The second-order valence-electron chi connectivity index (χ2n) is 9.07. The SMILES string of the molecule is Cc1ccc(S(=O)(=O)N2CCCC2)cc1C(=O)N1CCN(C(=O)C2COc3ccccc3O2)CC1. The number of benzene rings is 2. The summed E-state index contributed by atoms with van der Waals surface area (Å²) in [7, 11) is -3.61. The highest BCUT2D eigenvalue weighted by atomic mass is 32.2. The lowest BCUT2D eigenvalue weighted by molar-refractivity contribution is -0.142. The molecule has 1 atom stereocenters. The van der Waals surface area contributed by atoms with Crippen LogP contribution < -0.4 is 9.47 Å². The van der Waals surface area contributed by atoms with Gasteiger partial charge in [0.2, 0.25) is 16.1 Å². The smallest absolute Gasteiger partial charge is 0.267 e. The molecule has 0 spiro atoms. The number of hydrogen-bond donors (Lipinski definition) is 0. The lowest BCUT2D eigenvalue weighted by Crippen LogP contribution is -2.55. The second-order valence-corrected chi connectivity index (χ2v) is 11.0. The third kappa shape index (κ3) is 4.60. The van der Waals surface area contributed by atoms with Gasteiger partial charge in [-0.2, -0.15) is 4.31 Å². The van der Waals surface area contributed by atoms with E-state index in [1.54, 1.807) is 41.0 Å². The first-order valence-electron chi connectivity index (χ1n) is 11.9. The van der Waals surface area contributed by atoms with Crippen molar-refractivity contribution in [3.05, 3.63) is 53.6 Å². The predicted molar refractivity (Wildman–Crippen MR) is 128 cm³/mol. The van der Waals surface area contributed by atoms with Crippen LogP contribution in [0.1, 0.15) is 28.8 Å². The van der Waals surface area contributed by atoms with Crippen LogP contribution in [0.5, 0.6) is 11.5 Å². The lowest BCUT2D eigenvalue weighted by atomic mass is 10.1. The van der Waals surface area contributed by atoms with E-state index in [0.29, 0.717) is 56.3 Å². The number of ether oxygens (including phenoxy) is 2. The number of amides is 2. The Hall–Kier alpha value is -3.11. The molecule has 2 amide bonds. The monoisotopic (exact) mass is 499 g/mol. The van der Waals surface area contributed by atoms with Gasteiger partial charge in [0.25, 0.3) is 11.8 Å². The van der Waals surface area contributed by atoms with Gasteiger partial charge < -0.3 is 19.3 Å². The second kappa shape index (κ2) is 9.50. The highest BCUT2D eigenvalue weighted by Gasteiger charge is 2.34. The average Bonchev–Trinajstić information content (AvgIpc) is 3.44. The van der Waals surface area contributed by atoms with E-state index in [9.17, 15) is 18.0 Å². The first-order valence-corrected chi connectivity index (χ1v) is 13.4. The zero-order valence-corrected chi connectivity index (χ0v) is 20.5. The minimum absolute atomic E-state index is 0.145. The number of para-hydroxylation sites is 2. The van der Waals surface area contributed by atoms with E-state index >= 15 is 0 Å². The highest BCUT2D eigenvalue weighted by Crippen LogP contribution is 2.31. The van der Waals surface area contributed by atoms with Crippen LogP contribution in [-0.4, -0.2) is 86.3 Å². The summed E-state index contributed by atoms with van der Waals surface area (Å²) in [5, 5.41) is 0. The van der Waals surface area contributed by atoms with E-state index in [1.807, 2.05) is 12.1 Å². The third-order valence-corrected chi connectivity index (χ3v) is 8.70. The minimum atomic E-state index is -3.61. The average molecular weight is 500 g/mol. The summed E-state index contributed by atoms with van der Waals surface area (Å²) in [4.78, 5) is 29.8. The van der Waals surface area contributed by atoms with Gasteiger partial charge in [0, 0.05) is 44.8 Å². The van der Waals surface area contributed by atoms with Crippen molar-refractivity contribution in [2.24, 2.45) is 0 Å². The van der Waals surface area contributed by atoms with Crippen LogP contribution in [0.3, 0.4) is 0 Å². The fourth-order valence-electron chi connectivity index (χ4n) is 4.71. The number of carbonyl (C=O) groups is 2. The third-order valence-electron chi connectivity index (χ3n) is 6.80. The topological polar surface area (TPSA) is 96.5 Å². The number of hydrogen-bond acceptors (Lipinski definition) is 6. The van der Waals surface area contributed by atoms with Crippen molar-refractivity contribution >= 4 is 21.8 Å². The fraction of sp³-hybridized carbons (Fsp3) is 0.440. The van der Waals surface area contributed by atoms with Crippen molar-refractivity contribution in [1.82, 2.24) is 14.1 Å². The van der Waals surface area contributed by atoms with Gasteiger partial charge in [-0.25, -0.2) is 8.42 Å². The molecule has 0 saturated carbocycles. The Balaban J connectivity index is 1.24. The number of fused-ring (bicyclic) bond motifs is 1. The van der Waals surface area contributed by atoms with Crippen molar-refractivity contribution in [2.45, 2.75) is 30.8 Å². The number of carbonyl (C=O) groups excluding carboxylic acids is 2. The molecular formula is C25H29N3O6S. The number of nitrogens with zero attached hydrogens (tertiary/aromatic N) is 3. The summed E-state index contributed by atoms with van der Waals surface area (Å²) < 4.78 is 38.9. The number of aryl methyl sites for hydroxylation is 1. The maximum absolute atomic E-state index is 13.3. The molecule has 9 nitrogen and oxygen atoms in total. The van der Waals surface area contributed by atoms with Gasteiger partial charge in [0.1, 0.15) is 6.61 Å². The van der Waals surface area contributed by atoms with Crippen LogP contribution in [-0.2, 0) is 14.8 Å². The maximum Gasteiger partial charge on any atom is 0.267 e. The molecule has 2 aromatic carbocycles. The Kier molecular flexibility index (Phi) is 6.41. The molecule has 0 aliphatic carbocycles. The predicted octanol–water partition coefficient (Wildman–Crippen LogP) is 1.90. The molecule has 35 heavy (non-hydrogen) atoms. The van der Waals surface area contributed by atoms with Gasteiger partial charge >= 0.3 is 0 Å². The molecule has 10 heteroatoms. The normalized spacial score (nSPS) is 20.7. The Morgan fingerprint density at radius 2 is 1.54 bits per heavy atom. The van der Waals surface area contributed by atoms with Crippen LogP contribution in [0.4, 0.5) is 0 Å². The Bertz CT molecular complexity index is 1230. The molecule has 2 saturated heterocycles. The van der Waals surface area contributed by atoms with Gasteiger partial charge in [-0.05, 0) is 49.6 Å². The maximum atomic E-state index is 13.3. The molecule has 5 rings (SSSR count). The molecular weight excluding hydrogens is 470 g/mol. The van der Waals surface area contributed by atoms with E-state index in [4.69, 9.17) is 9.47 Å². The van der Waals surface area contributed by atoms with Crippen molar-refractivity contribution in [2.75, 3.05) is 45.9 Å². The van der Waals surface area contributed by atoms with Crippen molar-refractivity contribution in [1.29, 1.82) is 0 Å². The molecule has 2 aromatic rings. The van der Waals surface area contributed by atoms with Crippen molar-refractivity contribution in [3.63, 3.8) is 0 Å². The molecule has 3 heterocycles. The van der Waals surface area contributed by atoms with Gasteiger partial charge in [0.05, 0.1) is 4.90 Å².